The predicted octanol–water partition coefficient (Wildman–Crippen LogP) is -16.4. The quantitative estimate of drug-likeness (QED) is 0.0132. The third-order valence-corrected chi connectivity index (χ3v) is 17.3. The molecule has 5 amide bonds. The van der Waals surface area contributed by atoms with E-state index >= 15 is 0 Å². The molecule has 2 saturated carbocycles. The van der Waals surface area contributed by atoms with Crippen molar-refractivity contribution in [2.75, 3.05) is 44.9 Å². The second-order valence-corrected chi connectivity index (χ2v) is 25.3. The number of imide groups is 1. The molecule has 3 heterocycles. The van der Waals surface area contributed by atoms with Crippen LogP contribution in [0.5, 0.6) is 0 Å². The van der Waals surface area contributed by atoms with E-state index in [1.165, 1.54) is 13.8 Å². The summed E-state index contributed by atoms with van der Waals surface area (Å²) in [5.41, 5.74) is -0.528. The van der Waals surface area contributed by atoms with Crippen LogP contribution in [0, 0.1) is 23.8 Å². The summed E-state index contributed by atoms with van der Waals surface area (Å²) in [5.74, 6) is -8.18. The standard InChI is InChI=1S/C54H73N4O26S2.4Na.O3S/c1-26-48(81-37(52(70)71)16-28-8-4-3-5-9-28)45(65)38(23-59)83-53(26)82-36-19-30(18-35(57-51(69)31-20-40(61)58-41(62)21-31)49(36)84-54-47(67)46(66)44(64)27(2)80-54)50(68)55-13-7-11-32(60)24-78-14-15-79-25-42(63)56-34-12-6-10-29-17-33(85(72,73)74)22-39(43(29)34)86(75,76)77;;;;;1-4(2)3/h10,12,17,20,22,26-28,30,35-38,44-49,53-54,59,64-67H,3-5,7-9,11,13-16,18-19,21,23-25H2,1-2H3,(H,55,68)(H,56,63)(H,57,69)(H,70,71)(H,58,61,62)(H,72,73,74)(H,75,76,77);;;;;/q-1;4*+1;/p-3/t26?,27?,30?,35?,36-,37?,38+,44-,45+,46+,47?,48?,49-,53-,54+;;;;;/m1...../s1. The molecule has 2 saturated heterocycles. The van der Waals surface area contributed by atoms with Crippen LogP contribution in [0.3, 0.4) is 0 Å². The van der Waals surface area contributed by atoms with Crippen molar-refractivity contribution in [1.29, 1.82) is 0 Å². The third-order valence-electron chi connectivity index (χ3n) is 15.6. The number of Topliss-reactive ketones (excluding diaryl/α,β-unsaturated/α-hetero) is 1. The number of carbonyl (C=O) groups excluding carboxylic acids is 7. The molecule has 15 atom stereocenters. The molecule has 4 fully saturated rings. The predicted molar refractivity (Wildman–Crippen MR) is 294 cm³/mol. The van der Waals surface area contributed by atoms with Gasteiger partial charge in [-0.2, -0.15) is 18.2 Å². The molecule has 7 rings (SSSR count). The number of rotatable bonds is 27. The number of aliphatic carboxylic acids is 1. The van der Waals surface area contributed by atoms with E-state index < -0.39 is 200 Å². The summed E-state index contributed by atoms with van der Waals surface area (Å²) < 4.78 is 138. The van der Waals surface area contributed by atoms with Crippen molar-refractivity contribution in [3.63, 3.8) is 0 Å². The van der Waals surface area contributed by atoms with Crippen LogP contribution in [-0.2, 0) is 97.6 Å². The number of hydrogen-bond acceptors (Lipinski definition) is 29. The fourth-order valence-electron chi connectivity index (χ4n) is 11.1. The molecule has 33 nitrogen and oxygen atoms in total. The van der Waals surface area contributed by atoms with Gasteiger partial charge >= 0.3 is 129 Å². The van der Waals surface area contributed by atoms with Crippen LogP contribution in [-0.4, -0.2) is 225 Å². The van der Waals surface area contributed by atoms with Crippen molar-refractivity contribution in [2.45, 2.75) is 174 Å². The molecule has 3 aliphatic heterocycles. The number of amides is 5. The van der Waals surface area contributed by atoms with Crippen molar-refractivity contribution < 1.29 is 254 Å². The molecule has 5 aliphatic rings. The first-order valence-corrected chi connectivity index (χ1v) is 32.3. The molecule has 2 aromatic carbocycles. The number of anilines is 1. The van der Waals surface area contributed by atoms with Crippen LogP contribution in [0.2, 0.25) is 0 Å². The molecular weight excluding hydrogens is 1360 g/mol. The number of ketones is 1. The van der Waals surface area contributed by atoms with Crippen molar-refractivity contribution in [3.8, 4) is 0 Å². The number of aliphatic hydroxyl groups is 5. The topological polar surface area (TPSA) is 522 Å². The maximum absolute atomic E-state index is 14.2. The van der Waals surface area contributed by atoms with Gasteiger partial charge in [0.2, 0.25) is 23.6 Å². The van der Waals surface area contributed by atoms with E-state index in [9.17, 15) is 90.1 Å². The van der Waals surface area contributed by atoms with Gasteiger partial charge in [0.15, 0.2) is 18.4 Å². The third kappa shape index (κ3) is 25.9. The van der Waals surface area contributed by atoms with Gasteiger partial charge in [-0.15, -0.1) is 18.0 Å². The van der Waals surface area contributed by atoms with Crippen LogP contribution >= 0.6 is 0 Å². The Hall–Kier alpha value is -1.91. The summed E-state index contributed by atoms with van der Waals surface area (Å²) in [5, 5.41) is 76.1. The molecule has 0 spiro atoms. The maximum Gasteiger partial charge on any atom is 1.00 e. The van der Waals surface area contributed by atoms with Crippen LogP contribution in [0.15, 0.2) is 45.7 Å². The Bertz CT molecular complexity index is 3310. The number of ether oxygens (including phenoxy) is 7. The Labute approximate surface area is 630 Å². The number of carboxylic acids is 1. The van der Waals surface area contributed by atoms with Gasteiger partial charge in [0.1, 0.15) is 70.1 Å². The van der Waals surface area contributed by atoms with E-state index in [1.807, 2.05) is 0 Å². The average Bonchev–Trinajstić information content (AvgIpc) is 0.772. The van der Waals surface area contributed by atoms with E-state index in [0.717, 1.165) is 56.4 Å². The normalized spacial score (nSPS) is 27.5. The summed E-state index contributed by atoms with van der Waals surface area (Å²) in [6.45, 7) is 0.555. The molecule has 7 unspecified atom stereocenters. The van der Waals surface area contributed by atoms with Crippen LogP contribution < -0.4 is 145 Å². The van der Waals surface area contributed by atoms with Crippen molar-refractivity contribution >= 4 is 88.6 Å². The molecule has 94 heavy (non-hydrogen) atoms. The summed E-state index contributed by atoms with van der Waals surface area (Å²) in [4.78, 5) is 88.9. The molecule has 0 radical (unpaired) electrons. The van der Waals surface area contributed by atoms with Crippen molar-refractivity contribution in [2.24, 2.45) is 17.8 Å². The number of fused-ring (bicyclic) bond motifs is 1. The summed E-state index contributed by atoms with van der Waals surface area (Å²) in [6.07, 6.45) is -14.2. The summed E-state index contributed by atoms with van der Waals surface area (Å²) >= 11 is 0. The zero-order valence-electron chi connectivity index (χ0n) is 52.4. The Kier molecular flexibility index (Phi) is 38.6. The molecule has 0 bridgehead atoms. The van der Waals surface area contributed by atoms with Gasteiger partial charge in [0.05, 0.1) is 62.7 Å². The summed E-state index contributed by atoms with van der Waals surface area (Å²) in [6, 6.07) is 4.65. The number of carboxylic acid groups (broad SMARTS) is 1. The molecule has 9 N–H and O–H groups in total. The number of benzene rings is 2. The van der Waals surface area contributed by atoms with E-state index in [1.54, 1.807) is 0 Å². The van der Waals surface area contributed by atoms with E-state index in [0.29, 0.717) is 6.07 Å². The average molecular weight is 1430 g/mol. The summed E-state index contributed by atoms with van der Waals surface area (Å²) in [7, 11) is -13.7. The van der Waals surface area contributed by atoms with Gasteiger partial charge in [-0.25, -0.2) is 16.8 Å². The second kappa shape index (κ2) is 41.1. The van der Waals surface area contributed by atoms with Gasteiger partial charge < -0.3 is 93.6 Å². The van der Waals surface area contributed by atoms with Crippen molar-refractivity contribution in [3.05, 3.63) is 42.0 Å². The fraction of sp³-hybridized carbons (Fsp3) is 0.648. The maximum atomic E-state index is 14.2. The Morgan fingerprint density at radius 3 is 2.07 bits per heavy atom. The Morgan fingerprint density at radius 2 is 1.47 bits per heavy atom. The first-order chi connectivity index (χ1) is 42.4. The molecule has 2 aliphatic carbocycles. The molecule has 40 heteroatoms. The minimum Gasteiger partial charge on any atom is -0.744 e. The van der Waals surface area contributed by atoms with Crippen LogP contribution in [0.25, 0.3) is 10.8 Å². The van der Waals surface area contributed by atoms with Crippen LogP contribution in [0.1, 0.15) is 84.5 Å². The van der Waals surface area contributed by atoms with Gasteiger partial charge in [-0.05, 0) is 44.6 Å². The van der Waals surface area contributed by atoms with Crippen molar-refractivity contribution in [1.82, 2.24) is 16.0 Å². The largest absolute Gasteiger partial charge is 1.00 e. The SMILES string of the molecule is CC1C(OC(CC2CCCCC2)C(=O)[O-])[C@@H](O)[C@H](CO)O[C@H]1O[C@@H]1CC(C(=O)NCCCC(=O)COCCOCC(=O)Nc2c[c-]cc3cc(S(=O)(=O)[O-])cc(S(=O)(=O)[O-])c23)CC(NC(=O)C2=CC(=O)NC(=O)C2)[C@H]1O[C@@H]1OC(C)[C@@H](O)[C@H](O)C1O.O=S(=O)=O.[Na+].[Na+].[Na+].[Na+]. The minimum atomic E-state index is -5.36. The van der Waals surface area contributed by atoms with E-state index in [-0.39, 0.29) is 198 Å². The van der Waals surface area contributed by atoms with E-state index in [4.69, 9.17) is 45.8 Å². The van der Waals surface area contributed by atoms with Crippen LogP contribution in [0.4, 0.5) is 5.69 Å². The first-order valence-electron chi connectivity index (χ1n) is 28.4. The molecule has 0 aromatic heterocycles. The zero-order valence-corrected chi connectivity index (χ0v) is 62.9. The van der Waals surface area contributed by atoms with Gasteiger partial charge in [-0.1, -0.05) is 56.2 Å². The number of hydrogen-bond donors (Lipinski definition) is 9. The molecule has 502 valence electrons. The number of aliphatic hydroxyl groups excluding tert-OH is 5. The second-order valence-electron chi connectivity index (χ2n) is 22.1. The van der Waals surface area contributed by atoms with E-state index in [2.05, 4.69) is 27.3 Å². The molecule has 2 aromatic rings. The fourth-order valence-corrected chi connectivity index (χ4v) is 12.5. The Morgan fingerprint density at radius 1 is 0.819 bits per heavy atom. The van der Waals surface area contributed by atoms with Gasteiger partial charge in [0, 0.05) is 46.2 Å². The molecular formula is C54H70N4Na4O29S3. The monoisotopic (exact) mass is 1430 g/mol. The zero-order chi connectivity index (χ0) is 66.4. The van der Waals surface area contributed by atoms with Gasteiger partial charge in [0.25, 0.3) is 5.91 Å². The Balaban J connectivity index is 0.00000365. The van der Waals surface area contributed by atoms with Gasteiger partial charge in [-0.3, -0.25) is 34.1 Å². The minimum absolute atomic E-state index is 0. The first kappa shape index (κ1) is 88.2. The number of carbonyl (C=O) groups is 7. The number of nitrogens with one attached hydrogen (secondary N) is 4. The smallest absolute Gasteiger partial charge is 0.744 e.